The van der Waals surface area contributed by atoms with Crippen molar-refractivity contribution >= 4 is 5.91 Å². The van der Waals surface area contributed by atoms with E-state index in [0.29, 0.717) is 13.1 Å². The Bertz CT molecular complexity index is 629. The van der Waals surface area contributed by atoms with E-state index < -0.39 is 0 Å². The molecule has 0 radical (unpaired) electrons. The van der Waals surface area contributed by atoms with Crippen LogP contribution in [0.3, 0.4) is 0 Å². The number of carbonyl (C=O) groups excluding carboxylic acids is 1. The van der Waals surface area contributed by atoms with E-state index in [0.717, 1.165) is 39.1 Å². The van der Waals surface area contributed by atoms with Gasteiger partial charge in [0.05, 0.1) is 0 Å². The molecule has 0 atom stereocenters. The highest BCUT2D eigenvalue weighted by molar-refractivity contribution is 5.97. The highest BCUT2D eigenvalue weighted by Crippen LogP contribution is 2.04. The molecule has 0 spiro atoms. The Morgan fingerprint density at radius 1 is 1.36 bits per heavy atom. The van der Waals surface area contributed by atoms with Crippen molar-refractivity contribution in [1.82, 2.24) is 20.9 Å². The van der Waals surface area contributed by atoms with Crippen molar-refractivity contribution in [3.63, 3.8) is 0 Å². The standard InChI is InChI=1S/C19H27N5O/c1-16-3-2-4-17(13-16)5-6-22-15-18(14-20)19(25)23-9-12-24-10-7-21-8-11-24/h2-4,13,15,21-22H,5-12H2,1H3,(H,23,25)/b18-15-. The van der Waals surface area contributed by atoms with Gasteiger partial charge in [-0.3, -0.25) is 9.69 Å². The number of nitrogens with one attached hydrogen (secondary N) is 3. The number of aryl methyl sites for hydroxylation is 1. The predicted molar refractivity (Wildman–Crippen MR) is 98.9 cm³/mol. The Kier molecular flexibility index (Phi) is 7.96. The summed E-state index contributed by atoms with van der Waals surface area (Å²) in [5.74, 6) is -0.319. The van der Waals surface area contributed by atoms with Gasteiger partial charge in [-0.2, -0.15) is 5.26 Å². The normalized spacial score (nSPS) is 15.4. The maximum absolute atomic E-state index is 12.1. The Morgan fingerprint density at radius 2 is 2.16 bits per heavy atom. The van der Waals surface area contributed by atoms with Crippen molar-refractivity contribution in [3.8, 4) is 6.07 Å². The SMILES string of the molecule is Cc1cccc(CCN/C=C(/C#N)C(=O)NCCN2CCNCC2)c1. The number of carbonyl (C=O) groups is 1. The maximum atomic E-state index is 12.1. The van der Waals surface area contributed by atoms with Crippen LogP contribution in [0.4, 0.5) is 0 Å². The lowest BCUT2D eigenvalue weighted by Gasteiger charge is -2.27. The minimum atomic E-state index is -0.319. The van der Waals surface area contributed by atoms with Crippen molar-refractivity contribution in [2.24, 2.45) is 0 Å². The number of nitrogens with zero attached hydrogens (tertiary/aromatic N) is 2. The molecule has 1 aliphatic heterocycles. The molecular formula is C19H27N5O. The van der Waals surface area contributed by atoms with E-state index in [4.69, 9.17) is 5.26 Å². The van der Waals surface area contributed by atoms with E-state index >= 15 is 0 Å². The first-order chi connectivity index (χ1) is 12.2. The van der Waals surface area contributed by atoms with Gasteiger partial charge in [0.15, 0.2) is 0 Å². The smallest absolute Gasteiger partial charge is 0.263 e. The van der Waals surface area contributed by atoms with Crippen molar-refractivity contribution in [2.75, 3.05) is 45.8 Å². The number of hydrogen-bond acceptors (Lipinski definition) is 5. The van der Waals surface area contributed by atoms with Crippen LogP contribution in [0, 0.1) is 18.3 Å². The van der Waals surface area contributed by atoms with Crippen molar-refractivity contribution in [2.45, 2.75) is 13.3 Å². The van der Waals surface area contributed by atoms with Crippen LogP contribution >= 0.6 is 0 Å². The summed E-state index contributed by atoms with van der Waals surface area (Å²) in [6.07, 6.45) is 2.36. The Morgan fingerprint density at radius 3 is 2.88 bits per heavy atom. The fourth-order valence-electron chi connectivity index (χ4n) is 2.76. The van der Waals surface area contributed by atoms with E-state index in [2.05, 4.69) is 46.0 Å². The highest BCUT2D eigenvalue weighted by atomic mass is 16.1. The zero-order valence-corrected chi connectivity index (χ0v) is 14.8. The number of piperazine rings is 1. The van der Waals surface area contributed by atoms with Crippen molar-refractivity contribution < 1.29 is 4.79 Å². The minimum absolute atomic E-state index is 0.115. The molecule has 3 N–H and O–H groups in total. The lowest BCUT2D eigenvalue weighted by molar-refractivity contribution is -0.117. The van der Waals surface area contributed by atoms with E-state index in [-0.39, 0.29) is 11.5 Å². The van der Waals surface area contributed by atoms with Gasteiger partial charge in [-0.25, -0.2) is 0 Å². The number of rotatable bonds is 8. The molecule has 0 aliphatic carbocycles. The third-order valence-electron chi connectivity index (χ3n) is 4.18. The molecule has 6 heteroatoms. The first kappa shape index (κ1) is 19.0. The van der Waals surface area contributed by atoms with Crippen LogP contribution in [0.1, 0.15) is 11.1 Å². The number of hydrogen-bond donors (Lipinski definition) is 3. The van der Waals surface area contributed by atoms with Crippen molar-refractivity contribution in [3.05, 3.63) is 47.2 Å². The van der Waals surface area contributed by atoms with E-state index in [1.807, 2.05) is 12.1 Å². The van der Waals surface area contributed by atoms with Crippen molar-refractivity contribution in [1.29, 1.82) is 5.26 Å². The lowest BCUT2D eigenvalue weighted by atomic mass is 10.1. The average Bonchev–Trinajstić information content (AvgIpc) is 2.62. The summed E-state index contributed by atoms with van der Waals surface area (Å²) >= 11 is 0. The van der Waals surface area contributed by atoms with Gasteiger partial charge >= 0.3 is 0 Å². The molecule has 1 aromatic carbocycles. The molecule has 0 unspecified atom stereocenters. The molecule has 0 bridgehead atoms. The molecule has 1 aliphatic rings. The minimum Gasteiger partial charge on any atom is -0.389 e. The second-order valence-electron chi connectivity index (χ2n) is 6.21. The topological polar surface area (TPSA) is 80.2 Å². The first-order valence-electron chi connectivity index (χ1n) is 8.79. The van der Waals surface area contributed by atoms with E-state index in [1.165, 1.54) is 17.3 Å². The number of benzene rings is 1. The van der Waals surface area contributed by atoms with Crippen LogP contribution in [-0.4, -0.2) is 56.6 Å². The molecule has 1 amide bonds. The summed E-state index contributed by atoms with van der Waals surface area (Å²) < 4.78 is 0. The second-order valence-corrected chi connectivity index (χ2v) is 6.21. The van der Waals surface area contributed by atoms with Gasteiger partial charge in [-0.1, -0.05) is 29.8 Å². The Balaban J connectivity index is 1.69. The molecule has 6 nitrogen and oxygen atoms in total. The summed E-state index contributed by atoms with van der Waals surface area (Å²) in [5.41, 5.74) is 2.58. The monoisotopic (exact) mass is 341 g/mol. The van der Waals surface area contributed by atoms with Gasteiger partial charge < -0.3 is 16.0 Å². The van der Waals surface area contributed by atoms with Gasteiger partial charge in [0, 0.05) is 52.0 Å². The molecule has 0 saturated carbocycles. The van der Waals surface area contributed by atoms with Gasteiger partial charge in [-0.15, -0.1) is 0 Å². The van der Waals surface area contributed by atoms with Crippen LogP contribution in [0.5, 0.6) is 0 Å². The fourth-order valence-corrected chi connectivity index (χ4v) is 2.76. The lowest BCUT2D eigenvalue weighted by Crippen LogP contribution is -2.46. The largest absolute Gasteiger partial charge is 0.389 e. The quantitative estimate of drug-likeness (QED) is 0.366. The van der Waals surface area contributed by atoms with Gasteiger partial charge in [0.25, 0.3) is 5.91 Å². The summed E-state index contributed by atoms with van der Waals surface area (Å²) in [6.45, 7) is 8.09. The summed E-state index contributed by atoms with van der Waals surface area (Å²) in [6, 6.07) is 10.3. The average molecular weight is 341 g/mol. The molecule has 1 aromatic rings. The molecule has 1 heterocycles. The van der Waals surface area contributed by atoms with Crippen LogP contribution in [-0.2, 0) is 11.2 Å². The summed E-state index contributed by atoms with van der Waals surface area (Å²) in [7, 11) is 0. The van der Waals surface area contributed by atoms with Gasteiger partial charge in [0.1, 0.15) is 11.6 Å². The first-order valence-corrected chi connectivity index (χ1v) is 8.79. The molecule has 25 heavy (non-hydrogen) atoms. The second kappa shape index (κ2) is 10.5. The molecular weight excluding hydrogens is 314 g/mol. The zero-order valence-electron chi connectivity index (χ0n) is 14.8. The molecule has 1 fully saturated rings. The summed E-state index contributed by atoms with van der Waals surface area (Å²) in [4.78, 5) is 14.4. The predicted octanol–water partition coefficient (Wildman–Crippen LogP) is 0.556. The molecule has 2 rings (SSSR count). The van der Waals surface area contributed by atoms with Crippen LogP contribution in [0.2, 0.25) is 0 Å². The zero-order chi connectivity index (χ0) is 17.9. The molecule has 1 saturated heterocycles. The third-order valence-corrected chi connectivity index (χ3v) is 4.18. The Hall–Kier alpha value is -2.36. The van der Waals surface area contributed by atoms with Crippen LogP contribution in [0.25, 0.3) is 0 Å². The molecule has 0 aromatic heterocycles. The fraction of sp³-hybridized carbons (Fsp3) is 0.474. The summed E-state index contributed by atoms with van der Waals surface area (Å²) in [5, 5.41) is 18.3. The number of nitriles is 1. The highest BCUT2D eigenvalue weighted by Gasteiger charge is 2.11. The van der Waals surface area contributed by atoms with Crippen LogP contribution in [0.15, 0.2) is 36.0 Å². The maximum Gasteiger partial charge on any atom is 0.263 e. The van der Waals surface area contributed by atoms with Crippen LogP contribution < -0.4 is 16.0 Å². The van der Waals surface area contributed by atoms with Gasteiger partial charge in [-0.05, 0) is 18.9 Å². The van der Waals surface area contributed by atoms with E-state index in [1.54, 1.807) is 0 Å². The Labute approximate surface area is 149 Å². The molecule has 134 valence electrons. The number of amides is 1. The van der Waals surface area contributed by atoms with E-state index in [9.17, 15) is 4.79 Å². The van der Waals surface area contributed by atoms with Gasteiger partial charge in [0.2, 0.25) is 0 Å². The third kappa shape index (κ3) is 6.96.